The summed E-state index contributed by atoms with van der Waals surface area (Å²) in [4.78, 5) is 0. The Morgan fingerprint density at radius 3 is 2.29 bits per heavy atom. The van der Waals surface area contributed by atoms with E-state index in [0.717, 1.165) is 31.4 Å². The Balaban J connectivity index is 2.81. The van der Waals surface area contributed by atoms with Crippen molar-refractivity contribution in [2.45, 2.75) is 45.4 Å². The predicted molar refractivity (Wildman–Crippen MR) is 58.5 cm³/mol. The summed E-state index contributed by atoms with van der Waals surface area (Å²) < 4.78 is 5.16. The Hall–Kier alpha value is -0.700. The molecular formula is C10H17ClN2O. The molecule has 0 bridgehead atoms. The highest BCUT2D eigenvalue weighted by Gasteiger charge is 2.20. The van der Waals surface area contributed by atoms with Crippen LogP contribution < -0.4 is 5.73 Å². The molecule has 0 spiro atoms. The molecule has 0 saturated carbocycles. The van der Waals surface area contributed by atoms with E-state index in [1.54, 1.807) is 0 Å². The van der Waals surface area contributed by atoms with E-state index in [1.807, 2.05) is 0 Å². The van der Waals surface area contributed by atoms with E-state index >= 15 is 0 Å². The second-order valence-corrected chi connectivity index (χ2v) is 3.90. The number of hydrogen-bond acceptors (Lipinski definition) is 3. The van der Waals surface area contributed by atoms with Crippen LogP contribution in [-0.2, 0) is 0 Å². The summed E-state index contributed by atoms with van der Waals surface area (Å²) in [6.07, 6.45) is 4.37. The molecule has 0 radical (unpaired) electrons. The highest BCUT2D eigenvalue weighted by molar-refractivity contribution is 6.33. The van der Waals surface area contributed by atoms with Crippen LogP contribution in [0.4, 0.5) is 5.82 Å². The first-order valence-electron chi connectivity index (χ1n) is 5.11. The average Bonchev–Trinajstić information content (AvgIpc) is 2.48. The Bertz CT molecular complexity index is 280. The minimum absolute atomic E-state index is 0.305. The molecule has 14 heavy (non-hydrogen) atoms. The van der Waals surface area contributed by atoms with Crippen molar-refractivity contribution in [3.63, 3.8) is 0 Å². The largest absolute Gasteiger partial charge is 0.380 e. The Morgan fingerprint density at radius 2 is 1.93 bits per heavy atom. The molecule has 80 valence electrons. The second kappa shape index (κ2) is 5.25. The molecule has 1 aromatic heterocycles. The summed E-state index contributed by atoms with van der Waals surface area (Å²) in [5.74, 6) is 1.43. The van der Waals surface area contributed by atoms with Gasteiger partial charge in [0.25, 0.3) is 0 Å². The van der Waals surface area contributed by atoms with Crippen molar-refractivity contribution in [3.8, 4) is 0 Å². The smallest absolute Gasteiger partial charge is 0.186 e. The maximum atomic E-state index is 5.99. The molecule has 0 aliphatic heterocycles. The van der Waals surface area contributed by atoms with E-state index in [9.17, 15) is 0 Å². The molecule has 0 atom stereocenters. The third-order valence-electron chi connectivity index (χ3n) is 2.33. The number of hydrogen-bond donors (Lipinski definition) is 1. The lowest BCUT2D eigenvalue weighted by Crippen LogP contribution is -1.97. The summed E-state index contributed by atoms with van der Waals surface area (Å²) >= 11 is 5.99. The molecule has 2 N–H and O–H groups in total. The number of aromatic nitrogens is 1. The summed E-state index contributed by atoms with van der Waals surface area (Å²) in [5, 5.41) is 4.17. The number of nitrogens with zero attached hydrogens (tertiary/aromatic N) is 1. The lowest BCUT2D eigenvalue weighted by molar-refractivity contribution is 0.346. The van der Waals surface area contributed by atoms with E-state index in [4.69, 9.17) is 21.9 Å². The first-order valence-corrected chi connectivity index (χ1v) is 5.49. The van der Waals surface area contributed by atoms with Gasteiger partial charge in [-0.05, 0) is 12.8 Å². The van der Waals surface area contributed by atoms with Gasteiger partial charge in [0.2, 0.25) is 0 Å². The van der Waals surface area contributed by atoms with Gasteiger partial charge in [-0.3, -0.25) is 0 Å². The maximum Gasteiger partial charge on any atom is 0.186 e. The van der Waals surface area contributed by atoms with E-state index < -0.39 is 0 Å². The van der Waals surface area contributed by atoms with Gasteiger partial charge in [0.05, 0.1) is 0 Å². The third kappa shape index (κ3) is 2.41. The first kappa shape index (κ1) is 11.4. The van der Waals surface area contributed by atoms with Crippen LogP contribution in [0, 0.1) is 0 Å². The zero-order chi connectivity index (χ0) is 10.6. The van der Waals surface area contributed by atoms with Gasteiger partial charge in [-0.2, -0.15) is 0 Å². The normalized spacial score (nSPS) is 11.1. The molecule has 0 aliphatic carbocycles. The monoisotopic (exact) mass is 216 g/mol. The fourth-order valence-electron chi connectivity index (χ4n) is 1.66. The molecule has 0 amide bonds. The van der Waals surface area contributed by atoms with Gasteiger partial charge < -0.3 is 10.3 Å². The molecule has 0 saturated heterocycles. The highest BCUT2D eigenvalue weighted by Crippen LogP contribution is 2.34. The van der Waals surface area contributed by atoms with Crippen molar-refractivity contribution in [3.05, 3.63) is 10.8 Å². The summed E-state index contributed by atoms with van der Waals surface area (Å²) in [6.45, 7) is 4.30. The Morgan fingerprint density at radius 1 is 1.36 bits per heavy atom. The lowest BCUT2D eigenvalue weighted by Gasteiger charge is -2.11. The second-order valence-electron chi connectivity index (χ2n) is 3.52. The molecule has 1 heterocycles. The van der Waals surface area contributed by atoms with Crippen LogP contribution >= 0.6 is 11.6 Å². The van der Waals surface area contributed by atoms with Crippen molar-refractivity contribution in [1.29, 1.82) is 0 Å². The zero-order valence-electron chi connectivity index (χ0n) is 8.72. The lowest BCUT2D eigenvalue weighted by atomic mass is 9.96. The van der Waals surface area contributed by atoms with Gasteiger partial charge in [0, 0.05) is 5.92 Å². The van der Waals surface area contributed by atoms with Crippen LogP contribution in [0.15, 0.2) is 4.52 Å². The quantitative estimate of drug-likeness (QED) is 0.818. The minimum Gasteiger partial charge on any atom is -0.380 e. The molecule has 0 aliphatic rings. The van der Waals surface area contributed by atoms with Gasteiger partial charge in [0.15, 0.2) is 11.6 Å². The topological polar surface area (TPSA) is 52.0 Å². The van der Waals surface area contributed by atoms with E-state index in [-0.39, 0.29) is 0 Å². The molecule has 1 aromatic rings. The average molecular weight is 217 g/mol. The maximum absolute atomic E-state index is 5.99. The van der Waals surface area contributed by atoms with Crippen molar-refractivity contribution in [2.75, 3.05) is 5.73 Å². The van der Waals surface area contributed by atoms with Gasteiger partial charge in [-0.15, -0.1) is 0 Å². The van der Waals surface area contributed by atoms with Crippen molar-refractivity contribution in [2.24, 2.45) is 0 Å². The fourth-order valence-corrected chi connectivity index (χ4v) is 1.89. The van der Waals surface area contributed by atoms with E-state index in [0.29, 0.717) is 16.8 Å². The molecule has 3 nitrogen and oxygen atoms in total. The van der Waals surface area contributed by atoms with Crippen LogP contribution in [0.2, 0.25) is 5.02 Å². The predicted octanol–water partition coefficient (Wildman–Crippen LogP) is 3.59. The minimum atomic E-state index is 0.305. The van der Waals surface area contributed by atoms with Crippen molar-refractivity contribution < 1.29 is 4.52 Å². The van der Waals surface area contributed by atoms with Gasteiger partial charge in [-0.25, -0.2) is 0 Å². The van der Waals surface area contributed by atoms with Crippen LogP contribution in [0.25, 0.3) is 0 Å². The van der Waals surface area contributed by atoms with Gasteiger partial charge in [0.1, 0.15) is 5.02 Å². The number of anilines is 1. The van der Waals surface area contributed by atoms with Crippen molar-refractivity contribution in [1.82, 2.24) is 5.16 Å². The Kier molecular flexibility index (Phi) is 4.26. The molecule has 1 rings (SSSR count). The van der Waals surface area contributed by atoms with Crippen molar-refractivity contribution >= 4 is 17.4 Å². The SMILES string of the molecule is CCCC(CCC)c1onc(N)c1Cl. The van der Waals surface area contributed by atoms with E-state index in [2.05, 4.69) is 19.0 Å². The summed E-state index contributed by atoms with van der Waals surface area (Å²) in [7, 11) is 0. The third-order valence-corrected chi connectivity index (χ3v) is 2.71. The standard InChI is InChI=1S/C10H17ClN2O/c1-3-5-7(6-4-2)9-8(11)10(12)13-14-9/h7H,3-6H2,1-2H3,(H2,12,13). The first-order chi connectivity index (χ1) is 6.70. The molecular weight excluding hydrogens is 200 g/mol. The molecule has 0 unspecified atom stereocenters. The number of halogens is 1. The van der Waals surface area contributed by atoms with Crippen LogP contribution in [-0.4, -0.2) is 5.16 Å². The fraction of sp³-hybridized carbons (Fsp3) is 0.700. The van der Waals surface area contributed by atoms with Crippen LogP contribution in [0.1, 0.15) is 51.2 Å². The summed E-state index contributed by atoms with van der Waals surface area (Å²) in [5.41, 5.74) is 5.53. The van der Waals surface area contributed by atoms with Crippen LogP contribution in [0.3, 0.4) is 0 Å². The molecule has 0 aromatic carbocycles. The highest BCUT2D eigenvalue weighted by atomic mass is 35.5. The van der Waals surface area contributed by atoms with Gasteiger partial charge >= 0.3 is 0 Å². The summed E-state index contributed by atoms with van der Waals surface area (Å²) in [6, 6.07) is 0. The zero-order valence-corrected chi connectivity index (χ0v) is 9.47. The van der Waals surface area contributed by atoms with E-state index in [1.165, 1.54) is 0 Å². The molecule has 4 heteroatoms. The Labute approximate surface area is 89.6 Å². The molecule has 0 fully saturated rings. The number of rotatable bonds is 5. The number of nitrogen functional groups attached to an aromatic ring is 1. The van der Waals surface area contributed by atoms with Crippen LogP contribution in [0.5, 0.6) is 0 Å². The number of nitrogens with two attached hydrogens (primary N) is 1. The van der Waals surface area contributed by atoms with Gasteiger partial charge in [-0.1, -0.05) is 43.4 Å².